The third-order valence-electron chi connectivity index (χ3n) is 5.33. The predicted octanol–water partition coefficient (Wildman–Crippen LogP) is 3.12. The second-order valence-corrected chi connectivity index (χ2v) is 7.45. The average Bonchev–Trinajstić information content (AvgIpc) is 2.57. The van der Waals surface area contributed by atoms with Gasteiger partial charge in [0.2, 0.25) is 0 Å². The van der Waals surface area contributed by atoms with E-state index in [2.05, 4.69) is 31.1 Å². The molecule has 1 aromatic carbocycles. The van der Waals surface area contributed by atoms with E-state index in [4.69, 9.17) is 23.8 Å². The molecule has 0 saturated carbocycles. The van der Waals surface area contributed by atoms with Gasteiger partial charge in [-0.2, -0.15) is 0 Å². The third-order valence-corrected chi connectivity index (χ3v) is 6.09. The first-order valence-electron chi connectivity index (χ1n) is 8.58. The van der Waals surface area contributed by atoms with Gasteiger partial charge < -0.3 is 15.1 Å². The molecule has 0 aromatic heterocycles. The monoisotopic (exact) mass is 354 g/mol. The number of benzene rings is 1. The van der Waals surface area contributed by atoms with Crippen molar-refractivity contribution in [1.82, 2.24) is 4.90 Å². The van der Waals surface area contributed by atoms with Gasteiger partial charge in [0.15, 0.2) is 5.11 Å². The van der Waals surface area contributed by atoms with Gasteiger partial charge in [-0.15, -0.1) is 0 Å². The Balaban J connectivity index is 1.90. The summed E-state index contributed by atoms with van der Waals surface area (Å²) < 4.78 is 0. The zero-order valence-electron chi connectivity index (χ0n) is 14.7. The van der Waals surface area contributed by atoms with Gasteiger partial charge in [-0.1, -0.05) is 24.6 Å². The molecule has 0 amide bonds. The highest BCUT2D eigenvalue weighted by molar-refractivity contribution is 7.80. The van der Waals surface area contributed by atoms with Crippen LogP contribution in [0, 0.1) is 6.92 Å². The van der Waals surface area contributed by atoms with Crippen LogP contribution < -0.4 is 10.2 Å². The molecule has 1 saturated heterocycles. The molecule has 0 radical (unpaired) electrons. The minimum Gasteiger partial charge on any atom is -0.349 e. The van der Waals surface area contributed by atoms with E-state index in [9.17, 15) is 0 Å². The molecule has 0 bridgehead atoms. The number of thiocarbonyl (C=S) groups is 1. The van der Waals surface area contributed by atoms with Gasteiger partial charge in [0.05, 0.1) is 19.1 Å². The van der Waals surface area contributed by atoms with Crippen molar-refractivity contribution in [3.8, 4) is 0 Å². The summed E-state index contributed by atoms with van der Waals surface area (Å²) in [6, 6.07) is 7.37. The number of nitrogens with one attached hydrogen (secondary N) is 2. The number of rotatable bonds is 4. The fraction of sp³-hybridized carbons (Fsp3) is 0.611. The number of halogens is 1. The van der Waals surface area contributed by atoms with Crippen LogP contribution in [0.5, 0.6) is 0 Å². The van der Waals surface area contributed by atoms with Gasteiger partial charge in [0.1, 0.15) is 0 Å². The van der Waals surface area contributed by atoms with Gasteiger partial charge in [0, 0.05) is 36.6 Å². The summed E-state index contributed by atoms with van der Waals surface area (Å²) in [5.74, 6) is 0. The molecule has 5 heteroatoms. The Morgan fingerprint density at radius 3 is 2.70 bits per heavy atom. The van der Waals surface area contributed by atoms with Gasteiger partial charge in [-0.3, -0.25) is 0 Å². The van der Waals surface area contributed by atoms with E-state index in [0.29, 0.717) is 0 Å². The highest BCUT2D eigenvalue weighted by Gasteiger charge is 2.28. The van der Waals surface area contributed by atoms with Crippen LogP contribution in [-0.4, -0.2) is 42.2 Å². The van der Waals surface area contributed by atoms with Crippen LogP contribution in [0.25, 0.3) is 0 Å². The van der Waals surface area contributed by atoms with E-state index >= 15 is 0 Å². The SMILES string of the molecule is CCC(C)[NH+](C)C1CCN(C(=S)Nc2cccc(Cl)c2C)CC1. The molecule has 2 atom stereocenters. The molecule has 1 aliphatic rings. The molecular weight excluding hydrogens is 326 g/mol. The van der Waals surface area contributed by atoms with Gasteiger partial charge in [-0.25, -0.2) is 0 Å². The number of piperidine rings is 1. The van der Waals surface area contributed by atoms with E-state index in [0.717, 1.165) is 46.6 Å². The zero-order valence-corrected chi connectivity index (χ0v) is 16.2. The van der Waals surface area contributed by atoms with Crippen molar-refractivity contribution >= 4 is 34.6 Å². The number of likely N-dealkylation sites (tertiary alicyclic amines) is 1. The molecule has 2 N–H and O–H groups in total. The lowest BCUT2D eigenvalue weighted by Crippen LogP contribution is -3.16. The molecule has 1 heterocycles. The van der Waals surface area contributed by atoms with E-state index in [1.807, 2.05) is 25.1 Å². The summed E-state index contributed by atoms with van der Waals surface area (Å²) in [5, 5.41) is 4.95. The summed E-state index contributed by atoms with van der Waals surface area (Å²) in [6.45, 7) is 8.70. The van der Waals surface area contributed by atoms with E-state index < -0.39 is 0 Å². The maximum atomic E-state index is 6.18. The van der Waals surface area contributed by atoms with E-state index in [-0.39, 0.29) is 0 Å². The van der Waals surface area contributed by atoms with Crippen molar-refractivity contribution < 1.29 is 4.90 Å². The predicted molar refractivity (Wildman–Crippen MR) is 104 cm³/mol. The second-order valence-electron chi connectivity index (χ2n) is 6.66. The van der Waals surface area contributed by atoms with Gasteiger partial charge in [0.25, 0.3) is 0 Å². The van der Waals surface area contributed by atoms with Crippen molar-refractivity contribution in [2.45, 2.75) is 52.1 Å². The normalized spacial score (nSPS) is 18.6. The molecular formula is C18H29ClN3S+. The lowest BCUT2D eigenvalue weighted by Gasteiger charge is -2.38. The van der Waals surface area contributed by atoms with Crippen LogP contribution in [0.2, 0.25) is 5.02 Å². The molecule has 2 rings (SSSR count). The largest absolute Gasteiger partial charge is 0.349 e. The van der Waals surface area contributed by atoms with E-state index in [1.165, 1.54) is 19.3 Å². The van der Waals surface area contributed by atoms with Crippen molar-refractivity contribution in [1.29, 1.82) is 0 Å². The number of hydrogen-bond acceptors (Lipinski definition) is 1. The maximum Gasteiger partial charge on any atom is 0.173 e. The van der Waals surface area contributed by atoms with Gasteiger partial charge >= 0.3 is 0 Å². The third kappa shape index (κ3) is 4.59. The van der Waals surface area contributed by atoms with Crippen LogP contribution in [0.1, 0.15) is 38.7 Å². The van der Waals surface area contributed by atoms with Crippen LogP contribution >= 0.6 is 23.8 Å². The highest BCUT2D eigenvalue weighted by atomic mass is 35.5. The van der Waals surface area contributed by atoms with Crippen LogP contribution in [0.4, 0.5) is 5.69 Å². The van der Waals surface area contributed by atoms with Crippen molar-refractivity contribution in [3.05, 3.63) is 28.8 Å². The highest BCUT2D eigenvalue weighted by Crippen LogP contribution is 2.23. The summed E-state index contributed by atoms with van der Waals surface area (Å²) in [6.07, 6.45) is 3.64. The molecule has 1 fully saturated rings. The number of anilines is 1. The lowest BCUT2D eigenvalue weighted by molar-refractivity contribution is -0.930. The lowest BCUT2D eigenvalue weighted by atomic mass is 10.0. The smallest absolute Gasteiger partial charge is 0.173 e. The minimum atomic E-state index is 0.728. The first kappa shape index (κ1) is 18.5. The van der Waals surface area contributed by atoms with Gasteiger partial charge in [-0.05, 0) is 50.2 Å². The Morgan fingerprint density at radius 2 is 2.09 bits per heavy atom. The fourth-order valence-corrected chi connectivity index (χ4v) is 3.67. The maximum absolute atomic E-state index is 6.18. The topological polar surface area (TPSA) is 19.7 Å². The van der Waals surface area contributed by atoms with Crippen molar-refractivity contribution in [2.24, 2.45) is 0 Å². The van der Waals surface area contributed by atoms with E-state index in [1.54, 1.807) is 4.90 Å². The first-order chi connectivity index (χ1) is 10.9. The van der Waals surface area contributed by atoms with Crippen molar-refractivity contribution in [2.75, 3.05) is 25.5 Å². The zero-order chi connectivity index (χ0) is 17.0. The number of nitrogens with zero attached hydrogens (tertiary/aromatic N) is 1. The summed E-state index contributed by atoms with van der Waals surface area (Å²) >= 11 is 11.8. The minimum absolute atomic E-state index is 0.728. The Kier molecular flexibility index (Phi) is 6.69. The number of quaternary nitrogens is 1. The molecule has 23 heavy (non-hydrogen) atoms. The van der Waals surface area contributed by atoms with Crippen LogP contribution in [0.3, 0.4) is 0 Å². The molecule has 2 unspecified atom stereocenters. The molecule has 1 aromatic rings. The number of hydrogen-bond donors (Lipinski definition) is 2. The van der Waals surface area contributed by atoms with Crippen LogP contribution in [-0.2, 0) is 0 Å². The van der Waals surface area contributed by atoms with Crippen LogP contribution in [0.15, 0.2) is 18.2 Å². The summed E-state index contributed by atoms with van der Waals surface area (Å²) in [5.41, 5.74) is 2.05. The Labute approximate surface area is 151 Å². The second kappa shape index (κ2) is 8.32. The summed E-state index contributed by atoms with van der Waals surface area (Å²) in [7, 11) is 2.33. The molecule has 1 aliphatic heterocycles. The Morgan fingerprint density at radius 1 is 1.43 bits per heavy atom. The first-order valence-corrected chi connectivity index (χ1v) is 9.37. The Bertz CT molecular complexity index is 541. The molecule has 128 valence electrons. The Hall–Kier alpha value is -0.840. The standard InChI is InChI=1S/C18H28ClN3S/c1-5-13(2)21(4)15-9-11-22(12-10-15)18(23)20-17-8-6-7-16(19)14(17)3/h6-8,13,15H,5,9-12H2,1-4H3,(H,20,23)/p+1. The molecule has 3 nitrogen and oxygen atoms in total. The average molecular weight is 355 g/mol. The van der Waals surface area contributed by atoms with Crippen molar-refractivity contribution in [3.63, 3.8) is 0 Å². The molecule has 0 aliphatic carbocycles. The molecule has 0 spiro atoms. The summed E-state index contributed by atoms with van der Waals surface area (Å²) in [4.78, 5) is 3.95. The fourth-order valence-electron chi connectivity index (χ4n) is 3.20. The quantitative estimate of drug-likeness (QED) is 0.810.